The van der Waals surface area contributed by atoms with E-state index in [1.807, 2.05) is 36.0 Å². The number of likely N-dealkylation sites (tertiary alicyclic amines) is 1. The van der Waals surface area contributed by atoms with E-state index in [0.717, 1.165) is 36.5 Å². The van der Waals surface area contributed by atoms with Crippen LogP contribution in [0.2, 0.25) is 0 Å². The van der Waals surface area contributed by atoms with Crippen molar-refractivity contribution in [2.24, 2.45) is 5.92 Å². The van der Waals surface area contributed by atoms with Crippen LogP contribution in [0, 0.1) is 5.92 Å². The first kappa shape index (κ1) is 18.4. The zero-order valence-corrected chi connectivity index (χ0v) is 16.3. The van der Waals surface area contributed by atoms with Crippen LogP contribution < -0.4 is 10.2 Å². The largest absolute Gasteiger partial charge is 0.361 e. The van der Waals surface area contributed by atoms with Crippen molar-refractivity contribution in [2.75, 3.05) is 32.1 Å². The van der Waals surface area contributed by atoms with Gasteiger partial charge in [-0.3, -0.25) is 14.6 Å². The van der Waals surface area contributed by atoms with E-state index in [-0.39, 0.29) is 17.7 Å². The van der Waals surface area contributed by atoms with Gasteiger partial charge in [0.05, 0.1) is 18.1 Å². The number of hydrogen-bond acceptors (Lipinski definition) is 5. The molecule has 2 fully saturated rings. The molecule has 1 saturated carbocycles. The highest BCUT2D eigenvalue weighted by molar-refractivity contribution is 5.94. The van der Waals surface area contributed by atoms with Crippen LogP contribution in [0.4, 0.5) is 5.82 Å². The van der Waals surface area contributed by atoms with Gasteiger partial charge in [0, 0.05) is 56.7 Å². The van der Waals surface area contributed by atoms with Gasteiger partial charge in [0.15, 0.2) is 0 Å². The first-order chi connectivity index (χ1) is 13.5. The van der Waals surface area contributed by atoms with Crippen LogP contribution in [-0.2, 0) is 4.79 Å². The topological polar surface area (TPSA) is 78.4 Å². The van der Waals surface area contributed by atoms with Crippen molar-refractivity contribution in [3.05, 3.63) is 42.2 Å². The lowest BCUT2D eigenvalue weighted by atomic mass is 10.1. The molecule has 4 rings (SSSR count). The van der Waals surface area contributed by atoms with Crippen molar-refractivity contribution in [3.8, 4) is 11.3 Å². The van der Waals surface area contributed by atoms with Crippen molar-refractivity contribution in [1.29, 1.82) is 0 Å². The number of nitrogens with one attached hydrogen (secondary N) is 1. The van der Waals surface area contributed by atoms with Gasteiger partial charge >= 0.3 is 0 Å². The maximum atomic E-state index is 12.5. The number of anilines is 1. The Hall–Kier alpha value is -2.96. The smallest absolute Gasteiger partial charge is 0.251 e. The lowest BCUT2D eigenvalue weighted by Gasteiger charge is -2.15. The van der Waals surface area contributed by atoms with Gasteiger partial charge in [-0.1, -0.05) is 12.1 Å². The van der Waals surface area contributed by atoms with Crippen molar-refractivity contribution >= 4 is 17.6 Å². The van der Waals surface area contributed by atoms with Crippen molar-refractivity contribution in [1.82, 2.24) is 20.2 Å². The third-order valence-electron chi connectivity index (χ3n) is 5.30. The zero-order chi connectivity index (χ0) is 19.7. The normalized spacial score (nSPS) is 19.0. The fourth-order valence-corrected chi connectivity index (χ4v) is 3.53. The summed E-state index contributed by atoms with van der Waals surface area (Å²) in [4.78, 5) is 37.1. The molecule has 28 heavy (non-hydrogen) atoms. The highest BCUT2D eigenvalue weighted by atomic mass is 16.2. The minimum absolute atomic E-state index is 0.114. The molecular formula is C21H25N5O2. The molecule has 146 valence electrons. The standard InChI is InChI=1S/C21H25N5O2/c1-25(2)19-12-22-11-18(24-19)15-3-5-16(6-4-15)21(28)23-10-14-9-20(27)26(13-14)17-7-8-17/h3-6,11-12,14,17H,7-10,13H2,1-2H3,(H,23,28). The average molecular weight is 379 g/mol. The van der Waals surface area contributed by atoms with Gasteiger partial charge < -0.3 is 15.1 Å². The second kappa shape index (κ2) is 7.58. The number of aromatic nitrogens is 2. The molecule has 1 aromatic heterocycles. The molecule has 1 atom stereocenters. The molecule has 7 heteroatoms. The number of carbonyl (C=O) groups is 2. The third kappa shape index (κ3) is 3.98. The molecule has 1 saturated heterocycles. The van der Waals surface area contributed by atoms with Crippen LogP contribution in [0.1, 0.15) is 29.6 Å². The number of rotatable bonds is 6. The molecule has 1 aliphatic carbocycles. The Morgan fingerprint density at radius 3 is 2.64 bits per heavy atom. The number of nitrogens with zero attached hydrogens (tertiary/aromatic N) is 4. The lowest BCUT2D eigenvalue weighted by molar-refractivity contribution is -0.128. The van der Waals surface area contributed by atoms with E-state index >= 15 is 0 Å². The first-order valence-electron chi connectivity index (χ1n) is 9.68. The van der Waals surface area contributed by atoms with Gasteiger partial charge in [-0.25, -0.2) is 4.98 Å². The summed E-state index contributed by atoms with van der Waals surface area (Å²) in [7, 11) is 3.84. The van der Waals surface area contributed by atoms with Crippen LogP contribution in [0.25, 0.3) is 11.3 Å². The maximum absolute atomic E-state index is 12.5. The Labute approximate surface area is 164 Å². The molecule has 0 bridgehead atoms. The summed E-state index contributed by atoms with van der Waals surface area (Å²) >= 11 is 0. The van der Waals surface area contributed by atoms with Gasteiger partial charge in [0.25, 0.3) is 5.91 Å². The number of amides is 2. The second-order valence-electron chi connectivity index (χ2n) is 7.79. The highest BCUT2D eigenvalue weighted by Crippen LogP contribution is 2.32. The summed E-state index contributed by atoms with van der Waals surface area (Å²) in [5.74, 6) is 1.11. The summed E-state index contributed by atoms with van der Waals surface area (Å²) in [5, 5.41) is 2.97. The van der Waals surface area contributed by atoms with Gasteiger partial charge in [-0.2, -0.15) is 0 Å². The Morgan fingerprint density at radius 2 is 1.96 bits per heavy atom. The number of carbonyl (C=O) groups excluding carboxylic acids is 2. The zero-order valence-electron chi connectivity index (χ0n) is 16.3. The summed E-state index contributed by atoms with van der Waals surface area (Å²) in [5.41, 5.74) is 2.28. The fourth-order valence-electron chi connectivity index (χ4n) is 3.53. The second-order valence-corrected chi connectivity index (χ2v) is 7.79. The molecule has 0 spiro atoms. The van der Waals surface area contributed by atoms with Crippen LogP contribution >= 0.6 is 0 Å². The highest BCUT2D eigenvalue weighted by Gasteiger charge is 2.39. The fraction of sp³-hybridized carbons (Fsp3) is 0.429. The molecule has 2 aliphatic rings. The summed E-state index contributed by atoms with van der Waals surface area (Å²) in [6.45, 7) is 1.30. The quantitative estimate of drug-likeness (QED) is 0.830. The Morgan fingerprint density at radius 1 is 1.21 bits per heavy atom. The average Bonchev–Trinajstić information content (AvgIpc) is 3.48. The lowest BCUT2D eigenvalue weighted by Crippen LogP contribution is -2.32. The molecule has 2 amide bonds. The summed E-state index contributed by atoms with van der Waals surface area (Å²) in [6, 6.07) is 7.81. The molecule has 1 aromatic carbocycles. The van der Waals surface area contributed by atoms with Gasteiger partial charge in [-0.05, 0) is 25.0 Å². The number of benzene rings is 1. The summed E-state index contributed by atoms with van der Waals surface area (Å²) in [6.07, 6.45) is 6.21. The molecule has 1 aliphatic heterocycles. The summed E-state index contributed by atoms with van der Waals surface area (Å²) < 4.78 is 0. The van der Waals surface area contributed by atoms with Crippen molar-refractivity contribution < 1.29 is 9.59 Å². The van der Waals surface area contributed by atoms with E-state index in [1.54, 1.807) is 24.5 Å². The Kier molecular flexibility index (Phi) is 4.98. The molecular weight excluding hydrogens is 354 g/mol. The minimum atomic E-state index is -0.114. The molecule has 1 unspecified atom stereocenters. The van der Waals surface area contributed by atoms with Crippen LogP contribution in [0.3, 0.4) is 0 Å². The number of hydrogen-bond donors (Lipinski definition) is 1. The van der Waals surface area contributed by atoms with Crippen LogP contribution in [0.5, 0.6) is 0 Å². The van der Waals surface area contributed by atoms with Crippen molar-refractivity contribution in [3.63, 3.8) is 0 Å². The molecule has 2 aromatic rings. The SMILES string of the molecule is CN(C)c1cncc(-c2ccc(C(=O)NCC3CC(=O)N(C4CC4)C3)cc2)n1. The van der Waals surface area contributed by atoms with E-state index in [9.17, 15) is 9.59 Å². The Bertz CT molecular complexity index is 877. The molecule has 7 nitrogen and oxygen atoms in total. The van der Waals surface area contributed by atoms with Gasteiger partial charge in [0.1, 0.15) is 5.82 Å². The third-order valence-corrected chi connectivity index (χ3v) is 5.30. The van der Waals surface area contributed by atoms with Crippen LogP contribution in [-0.4, -0.2) is 59.9 Å². The van der Waals surface area contributed by atoms with Crippen molar-refractivity contribution in [2.45, 2.75) is 25.3 Å². The van der Waals surface area contributed by atoms with Gasteiger partial charge in [-0.15, -0.1) is 0 Å². The van der Waals surface area contributed by atoms with E-state index in [0.29, 0.717) is 24.6 Å². The minimum Gasteiger partial charge on any atom is -0.361 e. The van der Waals surface area contributed by atoms with E-state index in [2.05, 4.69) is 15.3 Å². The molecule has 2 heterocycles. The molecule has 0 radical (unpaired) electrons. The van der Waals surface area contributed by atoms with Gasteiger partial charge in [0.2, 0.25) is 5.91 Å². The van der Waals surface area contributed by atoms with Crippen LogP contribution in [0.15, 0.2) is 36.7 Å². The Balaban J connectivity index is 1.35. The predicted octanol–water partition coefficient (Wildman–Crippen LogP) is 1.95. The maximum Gasteiger partial charge on any atom is 0.251 e. The van der Waals surface area contributed by atoms with E-state index in [4.69, 9.17) is 0 Å². The predicted molar refractivity (Wildman–Crippen MR) is 107 cm³/mol. The molecule has 1 N–H and O–H groups in total. The first-order valence-corrected chi connectivity index (χ1v) is 9.68. The van der Waals surface area contributed by atoms with E-state index in [1.165, 1.54) is 0 Å². The van der Waals surface area contributed by atoms with E-state index < -0.39 is 0 Å². The monoisotopic (exact) mass is 379 g/mol.